The second-order valence-electron chi connectivity index (χ2n) is 2.15. The topological polar surface area (TPSA) is 74.1 Å². The van der Waals surface area contributed by atoms with E-state index in [4.69, 9.17) is 0 Å². The first-order valence-corrected chi connectivity index (χ1v) is 5.08. The predicted octanol–water partition coefficient (Wildman–Crippen LogP) is -0.746. The third-order valence-corrected chi connectivity index (χ3v) is 1.65. The maximum absolute atomic E-state index is 10.5. The lowest BCUT2D eigenvalue weighted by atomic mass is 10.7. The van der Waals surface area contributed by atoms with E-state index in [2.05, 4.69) is 14.4 Å². The maximum Gasteiger partial charge on any atom is 0.264 e. The van der Waals surface area contributed by atoms with Crippen molar-refractivity contribution < 1.29 is 12.6 Å². The lowest BCUT2D eigenvalue weighted by Gasteiger charge is -1.99. The van der Waals surface area contributed by atoms with Crippen LogP contribution < -0.4 is 0 Å². The van der Waals surface area contributed by atoms with Crippen molar-refractivity contribution in [2.45, 2.75) is 6.54 Å². The average Bonchev–Trinajstić information content (AvgIpc) is 2.36. The van der Waals surface area contributed by atoms with Gasteiger partial charge in [0.05, 0.1) is 31.8 Å². The van der Waals surface area contributed by atoms with Crippen molar-refractivity contribution in [3.63, 3.8) is 0 Å². The Labute approximate surface area is 70.3 Å². The van der Waals surface area contributed by atoms with Gasteiger partial charge in [0, 0.05) is 0 Å². The highest BCUT2D eigenvalue weighted by Crippen LogP contribution is 1.87. The molecule has 1 aromatic rings. The molecule has 0 N–H and O–H groups in total. The quantitative estimate of drug-likeness (QED) is 0.586. The van der Waals surface area contributed by atoms with E-state index >= 15 is 0 Å². The molecule has 0 aliphatic heterocycles. The summed E-state index contributed by atoms with van der Waals surface area (Å²) in [5.41, 5.74) is 0. The molecule has 0 bridgehead atoms. The number of hydrogen-bond acceptors (Lipinski definition) is 5. The van der Waals surface area contributed by atoms with E-state index in [1.807, 2.05) is 0 Å². The van der Waals surface area contributed by atoms with Crippen LogP contribution in [0.5, 0.6) is 0 Å². The molecule has 12 heavy (non-hydrogen) atoms. The molecule has 7 heteroatoms. The fraction of sp³-hybridized carbons (Fsp3) is 0.600. The molecule has 0 unspecified atom stereocenters. The Kier molecular flexibility index (Phi) is 2.77. The van der Waals surface area contributed by atoms with Crippen molar-refractivity contribution in [1.29, 1.82) is 0 Å². The summed E-state index contributed by atoms with van der Waals surface area (Å²) in [6.45, 7) is 0.396. The first kappa shape index (κ1) is 9.14. The second kappa shape index (κ2) is 3.63. The summed E-state index contributed by atoms with van der Waals surface area (Å²) in [4.78, 5) is 1.35. The highest BCUT2D eigenvalue weighted by atomic mass is 32.2. The van der Waals surface area contributed by atoms with Gasteiger partial charge in [-0.2, -0.15) is 23.4 Å². The molecule has 0 radical (unpaired) electrons. The molecule has 0 aliphatic carbocycles. The van der Waals surface area contributed by atoms with Crippen LogP contribution in [0, 0.1) is 0 Å². The van der Waals surface area contributed by atoms with Crippen molar-refractivity contribution in [2.24, 2.45) is 0 Å². The monoisotopic (exact) mass is 191 g/mol. The highest BCUT2D eigenvalue weighted by molar-refractivity contribution is 7.85. The third-order valence-electron chi connectivity index (χ3n) is 1.06. The average molecular weight is 191 g/mol. The first-order valence-electron chi connectivity index (χ1n) is 3.26. The van der Waals surface area contributed by atoms with Crippen molar-refractivity contribution in [1.82, 2.24) is 15.0 Å². The normalized spacial score (nSPS) is 11.8. The molecule has 0 spiro atoms. The molecule has 1 rings (SSSR count). The largest absolute Gasteiger partial charge is 0.268 e. The van der Waals surface area contributed by atoms with Crippen LogP contribution in [0.4, 0.5) is 0 Å². The molecule has 0 saturated carbocycles. The zero-order valence-electron chi connectivity index (χ0n) is 6.54. The minimum atomic E-state index is -3.35. The van der Waals surface area contributed by atoms with E-state index < -0.39 is 10.1 Å². The molecule has 0 atom stereocenters. The van der Waals surface area contributed by atoms with Crippen LogP contribution in [0.15, 0.2) is 12.4 Å². The van der Waals surface area contributed by atoms with Gasteiger partial charge in [-0.05, 0) is 0 Å². The lowest BCUT2D eigenvalue weighted by molar-refractivity contribution is 0.288. The number of aromatic nitrogens is 3. The van der Waals surface area contributed by atoms with Gasteiger partial charge in [-0.1, -0.05) is 0 Å². The second-order valence-corrected chi connectivity index (χ2v) is 3.80. The highest BCUT2D eigenvalue weighted by Gasteiger charge is 2.00. The van der Waals surface area contributed by atoms with E-state index in [0.717, 1.165) is 6.26 Å². The molecule has 0 amide bonds. The molecule has 6 nitrogen and oxygen atoms in total. The number of nitrogens with zero attached hydrogens (tertiary/aromatic N) is 3. The Hall–Kier alpha value is -0.950. The Morgan fingerprint density at radius 1 is 1.42 bits per heavy atom. The summed E-state index contributed by atoms with van der Waals surface area (Å²) in [5, 5.41) is 7.53. The molecule has 0 fully saturated rings. The van der Waals surface area contributed by atoms with E-state index in [9.17, 15) is 8.42 Å². The van der Waals surface area contributed by atoms with Gasteiger partial charge in [0.1, 0.15) is 0 Å². The van der Waals surface area contributed by atoms with Crippen LogP contribution in [0.2, 0.25) is 0 Å². The summed E-state index contributed by atoms with van der Waals surface area (Å²) in [7, 11) is -3.35. The predicted molar refractivity (Wildman–Crippen MR) is 40.8 cm³/mol. The molecule has 1 heterocycles. The fourth-order valence-electron chi connectivity index (χ4n) is 0.629. The summed E-state index contributed by atoms with van der Waals surface area (Å²) in [6.07, 6.45) is 4.03. The summed E-state index contributed by atoms with van der Waals surface area (Å²) in [6, 6.07) is 0. The maximum atomic E-state index is 10.5. The summed E-state index contributed by atoms with van der Waals surface area (Å²) >= 11 is 0. The molecule has 0 aliphatic rings. The molecule has 0 aromatic carbocycles. The SMILES string of the molecule is CS(=O)(=O)OCCn1nccn1. The van der Waals surface area contributed by atoms with Gasteiger partial charge in [-0.3, -0.25) is 4.18 Å². The molecular weight excluding hydrogens is 182 g/mol. The lowest BCUT2D eigenvalue weighted by Crippen LogP contribution is -2.12. The number of rotatable bonds is 4. The van der Waals surface area contributed by atoms with Gasteiger partial charge in [0.25, 0.3) is 10.1 Å². The molecular formula is C5H9N3O3S. The van der Waals surface area contributed by atoms with Gasteiger partial charge in [-0.15, -0.1) is 0 Å². The summed E-state index contributed by atoms with van der Waals surface area (Å²) in [5.74, 6) is 0. The zero-order chi connectivity index (χ0) is 9.03. The van der Waals surface area contributed by atoms with E-state index in [1.54, 1.807) is 0 Å². The minimum Gasteiger partial charge on any atom is -0.268 e. The van der Waals surface area contributed by atoms with Gasteiger partial charge >= 0.3 is 0 Å². The van der Waals surface area contributed by atoms with Crippen molar-refractivity contribution >= 4 is 10.1 Å². The van der Waals surface area contributed by atoms with Crippen LogP contribution in [-0.4, -0.2) is 36.3 Å². The molecule has 1 aromatic heterocycles. The Balaban J connectivity index is 2.29. The van der Waals surface area contributed by atoms with Gasteiger partial charge in [0.2, 0.25) is 0 Å². The third kappa shape index (κ3) is 3.44. The number of hydrogen-bond donors (Lipinski definition) is 0. The zero-order valence-corrected chi connectivity index (χ0v) is 7.36. The van der Waals surface area contributed by atoms with E-state index in [-0.39, 0.29) is 6.61 Å². The Bertz CT molecular complexity index is 318. The molecule has 68 valence electrons. The Morgan fingerprint density at radius 2 is 2.00 bits per heavy atom. The van der Waals surface area contributed by atoms with Crippen molar-refractivity contribution in [3.05, 3.63) is 12.4 Å². The van der Waals surface area contributed by atoms with Crippen LogP contribution in [0.25, 0.3) is 0 Å². The smallest absolute Gasteiger partial charge is 0.264 e. The van der Waals surface area contributed by atoms with Crippen molar-refractivity contribution in [3.8, 4) is 0 Å². The van der Waals surface area contributed by atoms with Crippen LogP contribution >= 0.6 is 0 Å². The summed E-state index contributed by atoms with van der Waals surface area (Å²) < 4.78 is 25.4. The molecule has 0 saturated heterocycles. The first-order chi connectivity index (χ1) is 5.58. The van der Waals surface area contributed by atoms with Crippen molar-refractivity contribution in [2.75, 3.05) is 12.9 Å². The van der Waals surface area contributed by atoms with Crippen LogP contribution in [0.1, 0.15) is 0 Å². The van der Waals surface area contributed by atoms with E-state index in [0.29, 0.717) is 6.54 Å². The van der Waals surface area contributed by atoms with Gasteiger partial charge in [0.15, 0.2) is 0 Å². The standard InChI is InChI=1S/C5H9N3O3S/c1-12(9,10)11-5-4-8-6-2-3-7-8/h2-3H,4-5H2,1H3. The van der Waals surface area contributed by atoms with Crippen LogP contribution in [0.3, 0.4) is 0 Å². The fourth-order valence-corrected chi connectivity index (χ4v) is 1.01. The van der Waals surface area contributed by atoms with Gasteiger partial charge in [-0.25, -0.2) is 0 Å². The van der Waals surface area contributed by atoms with E-state index in [1.165, 1.54) is 17.2 Å². The Morgan fingerprint density at radius 3 is 2.50 bits per heavy atom. The minimum absolute atomic E-state index is 0.0630. The van der Waals surface area contributed by atoms with Gasteiger partial charge < -0.3 is 0 Å². The van der Waals surface area contributed by atoms with Crippen LogP contribution in [-0.2, 0) is 20.8 Å².